The molecule has 2 aliphatic carbocycles. The Morgan fingerprint density at radius 1 is 0.815 bits per heavy atom. The van der Waals surface area contributed by atoms with Crippen molar-refractivity contribution < 1.29 is 24.3 Å². The number of benzene rings is 3. The van der Waals surface area contributed by atoms with Crippen LogP contribution in [0.3, 0.4) is 0 Å². The summed E-state index contributed by atoms with van der Waals surface area (Å²) >= 11 is 0. The lowest BCUT2D eigenvalue weighted by Gasteiger charge is -2.30. The predicted molar refractivity (Wildman–Crippen MR) is 211 cm³/mol. The monoisotopic (exact) mass is 726 g/mol. The van der Waals surface area contributed by atoms with Crippen LogP contribution in [0.25, 0.3) is 28.2 Å². The van der Waals surface area contributed by atoms with Crippen molar-refractivity contribution in [1.29, 1.82) is 0 Å². The first-order chi connectivity index (χ1) is 26.3. The number of aromatic nitrogens is 1. The summed E-state index contributed by atoms with van der Waals surface area (Å²) in [5.41, 5.74) is 6.68. The van der Waals surface area contributed by atoms with Crippen LogP contribution < -0.4 is 10.6 Å². The zero-order valence-corrected chi connectivity index (χ0v) is 30.9. The van der Waals surface area contributed by atoms with Gasteiger partial charge in [0.15, 0.2) is 0 Å². The first-order valence-corrected chi connectivity index (χ1v) is 20.0. The van der Waals surface area contributed by atoms with Crippen molar-refractivity contribution >= 4 is 46.4 Å². The van der Waals surface area contributed by atoms with Gasteiger partial charge in [-0.15, -0.1) is 0 Å². The van der Waals surface area contributed by atoms with Crippen molar-refractivity contribution in [1.82, 2.24) is 14.8 Å². The molecule has 1 aromatic heterocycles. The number of carbonyl (C=O) groups is 4. The van der Waals surface area contributed by atoms with Gasteiger partial charge in [0.1, 0.15) is 5.54 Å². The van der Waals surface area contributed by atoms with E-state index in [-0.39, 0.29) is 23.6 Å². The molecule has 0 radical (unpaired) electrons. The fourth-order valence-corrected chi connectivity index (χ4v) is 9.59. The van der Waals surface area contributed by atoms with Gasteiger partial charge >= 0.3 is 5.97 Å². The van der Waals surface area contributed by atoms with E-state index in [0.29, 0.717) is 48.5 Å². The summed E-state index contributed by atoms with van der Waals surface area (Å²) in [6.07, 6.45) is 15.2. The van der Waals surface area contributed by atoms with E-state index in [0.717, 1.165) is 68.6 Å². The topological polar surface area (TPSA) is 121 Å². The minimum absolute atomic E-state index is 0.203. The minimum Gasteiger partial charge on any atom is -0.478 e. The van der Waals surface area contributed by atoms with Crippen LogP contribution in [0.5, 0.6) is 0 Å². The van der Waals surface area contributed by atoms with Crippen LogP contribution in [0.15, 0.2) is 72.8 Å². The maximum absolute atomic E-state index is 14.3. The highest BCUT2D eigenvalue weighted by Crippen LogP contribution is 2.47. The zero-order valence-electron chi connectivity index (χ0n) is 30.9. The van der Waals surface area contributed by atoms with Crippen LogP contribution in [0.2, 0.25) is 0 Å². The van der Waals surface area contributed by atoms with Crippen molar-refractivity contribution in [3.8, 4) is 11.3 Å². The number of carboxylic acid groups (broad SMARTS) is 1. The molecule has 3 N–H and O–H groups in total. The summed E-state index contributed by atoms with van der Waals surface area (Å²) in [7, 11) is 0. The summed E-state index contributed by atoms with van der Waals surface area (Å²) in [5.74, 6) is -1.13. The lowest BCUT2D eigenvalue weighted by atomic mass is 9.81. The number of aliphatic carboxylic acids is 1. The number of piperidine rings is 1. The van der Waals surface area contributed by atoms with E-state index in [1.54, 1.807) is 24.3 Å². The lowest BCUT2D eigenvalue weighted by molar-refractivity contribution is -0.137. The Balaban J connectivity index is 1.14. The molecule has 3 fully saturated rings. The van der Waals surface area contributed by atoms with Gasteiger partial charge < -0.3 is 25.2 Å². The first kappa shape index (κ1) is 35.8. The molecule has 9 heteroatoms. The largest absolute Gasteiger partial charge is 0.478 e. The highest BCUT2D eigenvalue weighted by Gasteiger charge is 2.43. The van der Waals surface area contributed by atoms with E-state index in [2.05, 4.69) is 50.4 Å². The van der Waals surface area contributed by atoms with Gasteiger partial charge in [-0.1, -0.05) is 74.6 Å². The molecule has 3 aromatic carbocycles. The number of likely N-dealkylation sites (tertiary alicyclic amines) is 1. The fourth-order valence-electron chi connectivity index (χ4n) is 9.59. The second kappa shape index (κ2) is 15.3. The number of nitrogens with zero attached hydrogens (tertiary/aromatic N) is 2. The molecular weight excluding hydrogens is 677 g/mol. The van der Waals surface area contributed by atoms with Crippen LogP contribution in [-0.4, -0.2) is 56.9 Å². The number of rotatable bonds is 8. The number of amides is 3. The molecule has 3 amide bonds. The number of carboxylic acids is 1. The third kappa shape index (κ3) is 7.08. The zero-order chi connectivity index (χ0) is 37.2. The minimum atomic E-state index is -1.05. The Morgan fingerprint density at radius 3 is 2.28 bits per heavy atom. The molecular formula is C45H50N4O5. The summed E-state index contributed by atoms with van der Waals surface area (Å²) in [6, 6.07) is 21.6. The number of anilines is 1. The smallest absolute Gasteiger partial charge is 0.328 e. The lowest BCUT2D eigenvalue weighted by Crippen LogP contribution is -2.55. The third-order valence-electron chi connectivity index (χ3n) is 12.4. The van der Waals surface area contributed by atoms with Gasteiger partial charge in [-0.05, 0) is 104 Å². The van der Waals surface area contributed by atoms with Crippen molar-refractivity contribution in [3.63, 3.8) is 0 Å². The standard InChI is InChI=1S/C45H50N4O5/c50-39(51)22-17-30-15-19-35(20-16-30)46-44(54)45(23-7-8-24-45)47-42(52)33-18-21-37-38(28-33)49-29-34(43(53)48-25-9-2-10-26-48)27-32-13-5-6-14-36(32)41(49)40(37)31-11-3-1-4-12-31/h5-6,13-22,28,31,34H,1-4,7-12,23-27,29H2,(H,46,54)(H,47,52)(H,50,51). The Bertz CT molecular complexity index is 2100. The molecule has 54 heavy (non-hydrogen) atoms. The normalized spacial score (nSPS) is 19.9. The van der Waals surface area contributed by atoms with E-state index in [9.17, 15) is 19.2 Å². The molecule has 280 valence electrons. The molecule has 1 unspecified atom stereocenters. The molecule has 8 rings (SSSR count). The van der Waals surface area contributed by atoms with Gasteiger partial charge in [-0.3, -0.25) is 14.4 Å². The van der Waals surface area contributed by atoms with E-state index in [4.69, 9.17) is 5.11 Å². The second-order valence-corrected chi connectivity index (χ2v) is 15.9. The highest BCUT2D eigenvalue weighted by atomic mass is 16.4. The summed E-state index contributed by atoms with van der Waals surface area (Å²) < 4.78 is 2.36. The molecule has 3 heterocycles. The van der Waals surface area contributed by atoms with Gasteiger partial charge in [-0.2, -0.15) is 0 Å². The number of hydrogen-bond acceptors (Lipinski definition) is 4. The van der Waals surface area contributed by atoms with Crippen LogP contribution in [0.1, 0.15) is 110 Å². The molecule has 4 aromatic rings. The van der Waals surface area contributed by atoms with E-state index < -0.39 is 11.5 Å². The van der Waals surface area contributed by atoms with Crippen LogP contribution in [0.4, 0.5) is 5.69 Å². The number of carbonyl (C=O) groups excluding carboxylic acids is 3. The Morgan fingerprint density at radius 2 is 1.54 bits per heavy atom. The molecule has 1 saturated heterocycles. The number of fused-ring (bicyclic) bond motifs is 5. The molecule has 0 spiro atoms. The predicted octanol–water partition coefficient (Wildman–Crippen LogP) is 8.32. The Labute approximate surface area is 316 Å². The van der Waals surface area contributed by atoms with E-state index >= 15 is 0 Å². The maximum Gasteiger partial charge on any atom is 0.328 e. The van der Waals surface area contributed by atoms with Crippen LogP contribution in [-0.2, 0) is 27.3 Å². The van der Waals surface area contributed by atoms with Crippen molar-refractivity contribution in [3.05, 3.63) is 95.1 Å². The Kier molecular flexibility index (Phi) is 10.1. The van der Waals surface area contributed by atoms with Gasteiger partial charge in [0, 0.05) is 53.4 Å². The average molecular weight is 727 g/mol. The van der Waals surface area contributed by atoms with Crippen molar-refractivity contribution in [2.45, 2.75) is 101 Å². The summed E-state index contributed by atoms with van der Waals surface area (Å²) in [4.78, 5) is 55.4. The molecule has 2 saturated carbocycles. The van der Waals surface area contributed by atoms with E-state index in [1.807, 2.05) is 12.1 Å². The third-order valence-corrected chi connectivity index (χ3v) is 12.4. The Hall–Kier alpha value is -5.18. The maximum atomic E-state index is 14.3. The van der Waals surface area contributed by atoms with Crippen LogP contribution >= 0.6 is 0 Å². The van der Waals surface area contributed by atoms with Crippen molar-refractivity contribution in [2.24, 2.45) is 5.92 Å². The van der Waals surface area contributed by atoms with Gasteiger partial charge in [0.05, 0.1) is 11.6 Å². The molecule has 4 aliphatic rings. The quantitative estimate of drug-likeness (QED) is 0.158. The van der Waals surface area contributed by atoms with Crippen molar-refractivity contribution in [2.75, 3.05) is 18.4 Å². The van der Waals surface area contributed by atoms with Crippen LogP contribution in [0, 0.1) is 5.92 Å². The first-order valence-electron chi connectivity index (χ1n) is 20.0. The van der Waals surface area contributed by atoms with Gasteiger partial charge in [0.2, 0.25) is 11.8 Å². The number of hydrogen-bond donors (Lipinski definition) is 3. The molecule has 2 aliphatic heterocycles. The van der Waals surface area contributed by atoms with Gasteiger partial charge in [0.25, 0.3) is 5.91 Å². The SMILES string of the molecule is O=C(O)C=Cc1ccc(NC(=O)C2(NC(=O)c3ccc4c(C5CCCCC5)c5n(c4c3)CC(C(=O)N3CCCCC3)Cc3ccccc3-5)CCCC2)cc1. The summed E-state index contributed by atoms with van der Waals surface area (Å²) in [5, 5.41) is 16.3. The number of nitrogens with one attached hydrogen (secondary N) is 2. The molecule has 9 nitrogen and oxygen atoms in total. The van der Waals surface area contributed by atoms with E-state index in [1.165, 1.54) is 54.1 Å². The van der Waals surface area contributed by atoms with Gasteiger partial charge in [-0.25, -0.2) is 4.79 Å². The highest BCUT2D eigenvalue weighted by molar-refractivity contribution is 6.06. The average Bonchev–Trinajstić information content (AvgIpc) is 3.76. The fraction of sp³-hybridized carbons (Fsp3) is 0.422. The molecule has 1 atom stereocenters. The summed E-state index contributed by atoms with van der Waals surface area (Å²) in [6.45, 7) is 2.20. The molecule has 0 bridgehead atoms. The second-order valence-electron chi connectivity index (χ2n) is 15.9.